The molecule has 3 rings (SSSR count). The number of aromatic nitrogens is 2. The molecule has 0 saturated carbocycles. The van der Waals surface area contributed by atoms with E-state index in [0.29, 0.717) is 0 Å². The van der Waals surface area contributed by atoms with Crippen molar-refractivity contribution < 1.29 is 0 Å². The molecule has 0 aliphatic heterocycles. The van der Waals surface area contributed by atoms with Gasteiger partial charge in [-0.05, 0) is 35.9 Å². The molecule has 0 radical (unpaired) electrons. The molecule has 0 fully saturated rings. The number of anilines is 1. The minimum atomic E-state index is 0.786. The fourth-order valence-electron chi connectivity index (χ4n) is 2.14. The third kappa shape index (κ3) is 2.31. The van der Waals surface area contributed by atoms with E-state index < -0.39 is 0 Å². The Balaban J connectivity index is 1.90. The summed E-state index contributed by atoms with van der Waals surface area (Å²) in [6, 6.07) is 8.39. The van der Waals surface area contributed by atoms with Gasteiger partial charge in [0.1, 0.15) is 17.0 Å². The Morgan fingerprint density at radius 3 is 2.79 bits per heavy atom. The smallest absolute Gasteiger partial charge is 0.138 e. The molecule has 0 spiro atoms. The van der Waals surface area contributed by atoms with Crippen molar-refractivity contribution in [1.29, 1.82) is 0 Å². The van der Waals surface area contributed by atoms with E-state index in [1.54, 1.807) is 17.7 Å². The molecule has 96 valence electrons. The highest BCUT2D eigenvalue weighted by Gasteiger charge is 2.08. The Morgan fingerprint density at radius 2 is 1.95 bits per heavy atom. The van der Waals surface area contributed by atoms with Crippen LogP contribution in [-0.4, -0.2) is 9.97 Å². The average Bonchev–Trinajstić information content (AvgIpc) is 2.80. The summed E-state index contributed by atoms with van der Waals surface area (Å²) in [7, 11) is 0. The van der Waals surface area contributed by atoms with Crippen LogP contribution in [0.15, 0.2) is 36.0 Å². The molecular weight excluding hydrogens is 254 g/mol. The normalized spacial score (nSPS) is 10.8. The van der Waals surface area contributed by atoms with Crippen LogP contribution in [0.4, 0.5) is 5.82 Å². The second-order valence-corrected chi connectivity index (χ2v) is 5.46. The zero-order valence-corrected chi connectivity index (χ0v) is 11.8. The lowest BCUT2D eigenvalue weighted by Crippen LogP contribution is -2.03. The third-order valence-corrected chi connectivity index (χ3v) is 4.27. The lowest BCUT2D eigenvalue weighted by molar-refractivity contribution is 1.09. The molecule has 0 aliphatic carbocycles. The molecular formula is C15H15N3S. The SMILES string of the molecule is Cc1ccccc1CNc1ncnc2scc(C)c12. The Morgan fingerprint density at radius 1 is 1.11 bits per heavy atom. The molecule has 1 aromatic carbocycles. The van der Waals surface area contributed by atoms with Gasteiger partial charge in [0, 0.05) is 6.54 Å². The Bertz CT molecular complexity index is 718. The van der Waals surface area contributed by atoms with Crippen LogP contribution >= 0.6 is 11.3 Å². The van der Waals surface area contributed by atoms with Crippen LogP contribution in [0.2, 0.25) is 0 Å². The van der Waals surface area contributed by atoms with Gasteiger partial charge < -0.3 is 5.32 Å². The molecule has 2 aromatic heterocycles. The summed E-state index contributed by atoms with van der Waals surface area (Å²) in [4.78, 5) is 9.71. The fraction of sp³-hybridized carbons (Fsp3) is 0.200. The minimum absolute atomic E-state index is 0.786. The van der Waals surface area contributed by atoms with E-state index in [4.69, 9.17) is 0 Å². The van der Waals surface area contributed by atoms with Crippen LogP contribution in [0.5, 0.6) is 0 Å². The predicted octanol–water partition coefficient (Wildman–Crippen LogP) is 3.92. The molecule has 2 heterocycles. The number of hydrogen-bond acceptors (Lipinski definition) is 4. The Kier molecular flexibility index (Phi) is 3.17. The van der Waals surface area contributed by atoms with Crippen molar-refractivity contribution in [2.45, 2.75) is 20.4 Å². The Labute approximate surface area is 116 Å². The third-order valence-electron chi connectivity index (χ3n) is 3.26. The number of nitrogens with one attached hydrogen (secondary N) is 1. The van der Waals surface area contributed by atoms with Gasteiger partial charge >= 0.3 is 0 Å². The van der Waals surface area contributed by atoms with Crippen molar-refractivity contribution in [3.05, 3.63) is 52.7 Å². The molecule has 0 amide bonds. The largest absolute Gasteiger partial charge is 0.365 e. The number of hydrogen-bond donors (Lipinski definition) is 1. The van der Waals surface area contributed by atoms with Gasteiger partial charge in [0.2, 0.25) is 0 Å². The van der Waals surface area contributed by atoms with Crippen LogP contribution < -0.4 is 5.32 Å². The van der Waals surface area contributed by atoms with E-state index in [1.807, 2.05) is 0 Å². The highest BCUT2D eigenvalue weighted by Crippen LogP contribution is 2.28. The summed E-state index contributed by atoms with van der Waals surface area (Å²) < 4.78 is 0. The summed E-state index contributed by atoms with van der Waals surface area (Å²) in [5.41, 5.74) is 3.82. The first kappa shape index (κ1) is 12.1. The second-order valence-electron chi connectivity index (χ2n) is 4.60. The molecule has 0 aliphatic rings. The summed E-state index contributed by atoms with van der Waals surface area (Å²) in [5.74, 6) is 0.923. The van der Waals surface area contributed by atoms with E-state index >= 15 is 0 Å². The van der Waals surface area contributed by atoms with Gasteiger partial charge in [-0.2, -0.15) is 0 Å². The van der Waals surface area contributed by atoms with Crippen molar-refractivity contribution in [3.63, 3.8) is 0 Å². The monoisotopic (exact) mass is 269 g/mol. The number of aryl methyl sites for hydroxylation is 2. The average molecular weight is 269 g/mol. The summed E-state index contributed by atoms with van der Waals surface area (Å²) in [5, 5.41) is 6.69. The van der Waals surface area contributed by atoms with Gasteiger partial charge in [-0.3, -0.25) is 0 Å². The van der Waals surface area contributed by atoms with Crippen LogP contribution in [0, 0.1) is 13.8 Å². The molecule has 0 bridgehead atoms. The van der Waals surface area contributed by atoms with Crippen molar-refractivity contribution in [1.82, 2.24) is 9.97 Å². The van der Waals surface area contributed by atoms with Crippen molar-refractivity contribution in [3.8, 4) is 0 Å². The van der Waals surface area contributed by atoms with Gasteiger partial charge in [0.05, 0.1) is 5.39 Å². The maximum Gasteiger partial charge on any atom is 0.138 e. The standard InChI is InChI=1S/C15H15N3S/c1-10-5-3-4-6-12(10)7-16-14-13-11(2)8-19-15(13)18-9-17-14/h3-6,8-9H,7H2,1-2H3,(H,16,17,18). The minimum Gasteiger partial charge on any atom is -0.365 e. The van der Waals surface area contributed by atoms with Gasteiger partial charge in [0.25, 0.3) is 0 Å². The summed E-state index contributed by atoms with van der Waals surface area (Å²) in [6.07, 6.45) is 1.62. The first-order chi connectivity index (χ1) is 9.25. The lowest BCUT2D eigenvalue weighted by Gasteiger charge is -2.09. The van der Waals surface area contributed by atoms with Crippen molar-refractivity contribution >= 4 is 27.4 Å². The number of fused-ring (bicyclic) bond motifs is 1. The van der Waals surface area contributed by atoms with Crippen molar-refractivity contribution in [2.24, 2.45) is 0 Å². The van der Waals surface area contributed by atoms with Gasteiger partial charge in [-0.15, -0.1) is 11.3 Å². The van der Waals surface area contributed by atoms with Crippen molar-refractivity contribution in [2.75, 3.05) is 5.32 Å². The van der Waals surface area contributed by atoms with Crippen LogP contribution in [0.3, 0.4) is 0 Å². The number of nitrogens with zero attached hydrogens (tertiary/aromatic N) is 2. The zero-order chi connectivity index (χ0) is 13.2. The molecule has 19 heavy (non-hydrogen) atoms. The van der Waals surface area contributed by atoms with E-state index in [2.05, 4.69) is 58.8 Å². The maximum atomic E-state index is 4.37. The maximum absolute atomic E-state index is 4.37. The summed E-state index contributed by atoms with van der Waals surface area (Å²) >= 11 is 1.66. The Hall–Kier alpha value is -1.94. The number of benzene rings is 1. The van der Waals surface area contributed by atoms with Crippen LogP contribution in [-0.2, 0) is 6.54 Å². The molecule has 0 unspecified atom stereocenters. The van der Waals surface area contributed by atoms with Crippen LogP contribution in [0.25, 0.3) is 10.2 Å². The molecule has 0 atom stereocenters. The molecule has 0 saturated heterocycles. The van der Waals surface area contributed by atoms with Gasteiger partial charge in [-0.1, -0.05) is 24.3 Å². The van der Waals surface area contributed by atoms with Gasteiger partial charge in [-0.25, -0.2) is 9.97 Å². The second kappa shape index (κ2) is 4.97. The van der Waals surface area contributed by atoms with Crippen LogP contribution in [0.1, 0.15) is 16.7 Å². The predicted molar refractivity (Wildman–Crippen MR) is 80.7 cm³/mol. The molecule has 3 aromatic rings. The highest BCUT2D eigenvalue weighted by atomic mass is 32.1. The fourth-order valence-corrected chi connectivity index (χ4v) is 3.03. The number of rotatable bonds is 3. The van der Waals surface area contributed by atoms with E-state index in [9.17, 15) is 0 Å². The topological polar surface area (TPSA) is 37.8 Å². The first-order valence-corrected chi connectivity index (χ1v) is 7.11. The van der Waals surface area contributed by atoms with E-state index in [-0.39, 0.29) is 0 Å². The molecule has 1 N–H and O–H groups in total. The number of thiophene rings is 1. The lowest BCUT2D eigenvalue weighted by atomic mass is 10.1. The van der Waals surface area contributed by atoms with E-state index in [0.717, 1.165) is 22.6 Å². The van der Waals surface area contributed by atoms with Gasteiger partial charge in [0.15, 0.2) is 0 Å². The highest BCUT2D eigenvalue weighted by molar-refractivity contribution is 7.17. The van der Waals surface area contributed by atoms with E-state index in [1.165, 1.54) is 16.7 Å². The molecule has 4 heteroatoms. The summed E-state index contributed by atoms with van der Waals surface area (Å²) in [6.45, 7) is 5.01. The quantitative estimate of drug-likeness (QED) is 0.783. The zero-order valence-electron chi connectivity index (χ0n) is 11.0. The molecule has 3 nitrogen and oxygen atoms in total. The first-order valence-electron chi connectivity index (χ1n) is 6.23.